The minimum atomic E-state index is -0.509. The van der Waals surface area contributed by atoms with Gasteiger partial charge in [-0.05, 0) is 30.5 Å². The Balaban J connectivity index is 2.26. The highest BCUT2D eigenvalue weighted by atomic mass is 32.2. The third kappa shape index (κ3) is 3.12. The third-order valence-corrected chi connectivity index (χ3v) is 3.32. The summed E-state index contributed by atoms with van der Waals surface area (Å²) in [6.07, 6.45) is 2.00. The van der Waals surface area contributed by atoms with Crippen molar-refractivity contribution in [3.8, 4) is 17.2 Å². The molecule has 0 unspecified atom stereocenters. The minimum absolute atomic E-state index is 0.102. The molecule has 0 saturated carbocycles. The van der Waals surface area contributed by atoms with Crippen LogP contribution in [0.1, 0.15) is 0 Å². The highest BCUT2D eigenvalue weighted by Crippen LogP contribution is 2.33. The summed E-state index contributed by atoms with van der Waals surface area (Å²) in [5.41, 5.74) is 5.95. The topological polar surface area (TPSA) is 44.5 Å². The number of thioether (sulfide) groups is 1. The van der Waals surface area contributed by atoms with Crippen molar-refractivity contribution in [3.63, 3.8) is 0 Å². The van der Waals surface area contributed by atoms with Gasteiger partial charge in [0.25, 0.3) is 0 Å². The van der Waals surface area contributed by atoms with Crippen LogP contribution < -0.4 is 15.2 Å². The highest BCUT2D eigenvalue weighted by molar-refractivity contribution is 7.98. The first-order valence-electron chi connectivity index (χ1n) is 5.59. The molecule has 0 saturated heterocycles. The normalized spacial score (nSPS) is 10.3. The highest BCUT2D eigenvalue weighted by Gasteiger charge is 2.10. The molecule has 0 amide bonds. The number of hydrogen-bond donors (Lipinski definition) is 1. The number of anilines is 1. The molecule has 0 aliphatic carbocycles. The first-order chi connectivity index (χ1) is 9.13. The van der Waals surface area contributed by atoms with Gasteiger partial charge >= 0.3 is 0 Å². The largest absolute Gasteiger partial charge is 0.494 e. The van der Waals surface area contributed by atoms with Crippen molar-refractivity contribution in [2.45, 2.75) is 4.90 Å². The summed E-state index contributed by atoms with van der Waals surface area (Å²) in [6.45, 7) is 0. The molecule has 0 radical (unpaired) electrons. The molecule has 0 aliphatic rings. The summed E-state index contributed by atoms with van der Waals surface area (Å²) in [4.78, 5) is 1.14. The van der Waals surface area contributed by atoms with Crippen molar-refractivity contribution in [1.29, 1.82) is 0 Å². The SMILES string of the molecule is COc1cc(Oc2ccc(SC)cc2)c(N)cc1F. The molecule has 2 N–H and O–H groups in total. The van der Waals surface area contributed by atoms with E-state index in [0.29, 0.717) is 11.5 Å². The maximum Gasteiger partial charge on any atom is 0.167 e. The van der Waals surface area contributed by atoms with E-state index in [-0.39, 0.29) is 11.4 Å². The smallest absolute Gasteiger partial charge is 0.167 e. The number of benzene rings is 2. The van der Waals surface area contributed by atoms with Crippen LogP contribution in [0.25, 0.3) is 0 Å². The van der Waals surface area contributed by atoms with E-state index in [4.69, 9.17) is 15.2 Å². The monoisotopic (exact) mass is 279 g/mol. The molecule has 0 aromatic heterocycles. The Hall–Kier alpha value is -1.88. The van der Waals surface area contributed by atoms with Crippen LogP contribution in [0.5, 0.6) is 17.2 Å². The van der Waals surface area contributed by atoms with Crippen LogP contribution in [0.3, 0.4) is 0 Å². The van der Waals surface area contributed by atoms with E-state index >= 15 is 0 Å². The van der Waals surface area contributed by atoms with E-state index in [2.05, 4.69) is 0 Å². The molecule has 2 rings (SSSR count). The van der Waals surface area contributed by atoms with Gasteiger partial charge in [-0.2, -0.15) is 0 Å². The van der Waals surface area contributed by atoms with Crippen molar-refractivity contribution in [1.82, 2.24) is 0 Å². The van der Waals surface area contributed by atoms with E-state index in [1.807, 2.05) is 30.5 Å². The number of halogens is 1. The van der Waals surface area contributed by atoms with Gasteiger partial charge in [-0.3, -0.25) is 0 Å². The van der Waals surface area contributed by atoms with Gasteiger partial charge in [0.05, 0.1) is 12.8 Å². The van der Waals surface area contributed by atoms with E-state index in [0.717, 1.165) is 4.90 Å². The van der Waals surface area contributed by atoms with Gasteiger partial charge < -0.3 is 15.2 Å². The molecule has 0 spiro atoms. The molecule has 0 aliphatic heterocycles. The summed E-state index contributed by atoms with van der Waals surface area (Å²) >= 11 is 1.65. The summed E-state index contributed by atoms with van der Waals surface area (Å²) in [6, 6.07) is 10.2. The van der Waals surface area contributed by atoms with Crippen LogP contribution in [0.2, 0.25) is 0 Å². The number of nitrogens with two attached hydrogens (primary N) is 1. The molecule has 3 nitrogen and oxygen atoms in total. The van der Waals surface area contributed by atoms with E-state index in [1.54, 1.807) is 11.8 Å². The number of hydrogen-bond acceptors (Lipinski definition) is 4. The van der Waals surface area contributed by atoms with Gasteiger partial charge in [0.2, 0.25) is 0 Å². The lowest BCUT2D eigenvalue weighted by Gasteiger charge is -2.11. The maximum absolute atomic E-state index is 13.4. The van der Waals surface area contributed by atoms with Crippen molar-refractivity contribution in [2.75, 3.05) is 19.1 Å². The Bertz CT molecular complexity index is 572. The minimum Gasteiger partial charge on any atom is -0.494 e. The zero-order valence-electron chi connectivity index (χ0n) is 10.6. The van der Waals surface area contributed by atoms with Crippen molar-refractivity contribution in [3.05, 3.63) is 42.2 Å². The van der Waals surface area contributed by atoms with Gasteiger partial charge in [0, 0.05) is 17.0 Å². The second kappa shape index (κ2) is 5.84. The molecule has 100 valence electrons. The number of methoxy groups -OCH3 is 1. The zero-order valence-corrected chi connectivity index (χ0v) is 11.5. The van der Waals surface area contributed by atoms with E-state index < -0.39 is 5.82 Å². The molecule has 2 aromatic rings. The number of rotatable bonds is 4. The van der Waals surface area contributed by atoms with Gasteiger partial charge in [0.1, 0.15) is 5.75 Å². The summed E-state index contributed by atoms with van der Waals surface area (Å²) < 4.78 is 23.9. The Morgan fingerprint density at radius 2 is 1.79 bits per heavy atom. The summed E-state index contributed by atoms with van der Waals surface area (Å²) in [7, 11) is 1.39. The van der Waals surface area contributed by atoms with Gasteiger partial charge in [-0.1, -0.05) is 0 Å². The zero-order chi connectivity index (χ0) is 13.8. The predicted molar refractivity (Wildman–Crippen MR) is 75.7 cm³/mol. The number of nitrogen functional groups attached to an aromatic ring is 1. The Labute approximate surface area is 115 Å². The lowest BCUT2D eigenvalue weighted by Crippen LogP contribution is -1.96. The molecule has 19 heavy (non-hydrogen) atoms. The van der Waals surface area contributed by atoms with Crippen LogP contribution in [0.4, 0.5) is 10.1 Å². The fourth-order valence-electron chi connectivity index (χ4n) is 1.57. The lowest BCUT2D eigenvalue weighted by atomic mass is 10.2. The van der Waals surface area contributed by atoms with Gasteiger partial charge in [-0.25, -0.2) is 4.39 Å². The Morgan fingerprint density at radius 1 is 1.11 bits per heavy atom. The van der Waals surface area contributed by atoms with Crippen LogP contribution in [-0.2, 0) is 0 Å². The predicted octanol–water partition coefficient (Wildman–Crippen LogP) is 3.93. The average molecular weight is 279 g/mol. The number of ether oxygens (including phenoxy) is 2. The van der Waals surface area contributed by atoms with E-state index in [1.165, 1.54) is 19.2 Å². The fraction of sp³-hybridized carbons (Fsp3) is 0.143. The molecule has 2 aromatic carbocycles. The quantitative estimate of drug-likeness (QED) is 0.680. The second-order valence-electron chi connectivity index (χ2n) is 3.80. The van der Waals surface area contributed by atoms with Crippen LogP contribution in [0.15, 0.2) is 41.3 Å². The average Bonchev–Trinajstić information content (AvgIpc) is 2.42. The maximum atomic E-state index is 13.4. The van der Waals surface area contributed by atoms with Crippen molar-refractivity contribution >= 4 is 17.4 Å². The molecular weight excluding hydrogens is 265 g/mol. The molecule has 0 heterocycles. The molecule has 0 atom stereocenters. The lowest BCUT2D eigenvalue weighted by molar-refractivity contribution is 0.382. The molecular formula is C14H14FNO2S. The van der Waals surface area contributed by atoms with Gasteiger partial charge in [-0.15, -0.1) is 11.8 Å². The first-order valence-corrected chi connectivity index (χ1v) is 6.81. The van der Waals surface area contributed by atoms with Gasteiger partial charge in [0.15, 0.2) is 17.3 Å². The Morgan fingerprint density at radius 3 is 2.37 bits per heavy atom. The molecule has 0 bridgehead atoms. The molecule has 5 heteroatoms. The van der Waals surface area contributed by atoms with Crippen LogP contribution >= 0.6 is 11.8 Å². The standard InChI is InChI=1S/C14H14FNO2S/c1-17-13-8-14(12(16)7-11(13)15)18-9-3-5-10(19-2)6-4-9/h3-8H,16H2,1-2H3. The molecule has 0 fully saturated rings. The summed E-state index contributed by atoms with van der Waals surface area (Å²) in [5, 5.41) is 0. The Kier molecular flexibility index (Phi) is 4.16. The fourth-order valence-corrected chi connectivity index (χ4v) is 1.97. The second-order valence-corrected chi connectivity index (χ2v) is 4.68. The van der Waals surface area contributed by atoms with Crippen LogP contribution in [0, 0.1) is 5.82 Å². The van der Waals surface area contributed by atoms with Crippen LogP contribution in [-0.4, -0.2) is 13.4 Å². The summed E-state index contributed by atoms with van der Waals surface area (Å²) in [5.74, 6) is 0.600. The van der Waals surface area contributed by atoms with E-state index in [9.17, 15) is 4.39 Å². The first kappa shape index (κ1) is 13.5. The van der Waals surface area contributed by atoms with Crippen molar-refractivity contribution in [2.24, 2.45) is 0 Å². The third-order valence-electron chi connectivity index (χ3n) is 2.57. The van der Waals surface area contributed by atoms with Crippen molar-refractivity contribution < 1.29 is 13.9 Å².